The maximum atomic E-state index is 11.9. The monoisotopic (exact) mass is 260 g/mol. The molecule has 0 spiro atoms. The van der Waals surface area contributed by atoms with Crippen molar-refractivity contribution in [2.24, 2.45) is 0 Å². The predicted octanol–water partition coefficient (Wildman–Crippen LogP) is 2.65. The maximum Gasteiger partial charge on any atom is 0.326 e. The van der Waals surface area contributed by atoms with E-state index in [-0.39, 0.29) is 5.56 Å². The zero-order chi connectivity index (χ0) is 13.8. The van der Waals surface area contributed by atoms with Gasteiger partial charge < -0.3 is 4.98 Å². The van der Waals surface area contributed by atoms with E-state index in [2.05, 4.69) is 16.9 Å². The van der Waals surface area contributed by atoms with Crippen molar-refractivity contribution in [3.8, 4) is 0 Å². The highest BCUT2D eigenvalue weighted by molar-refractivity contribution is 5.81. The second-order valence-corrected chi connectivity index (χ2v) is 4.99. The fourth-order valence-corrected chi connectivity index (χ4v) is 2.48. The number of hydrogen-bond acceptors (Lipinski definition) is 2. The molecule has 0 saturated carbocycles. The maximum absolute atomic E-state index is 11.9. The van der Waals surface area contributed by atoms with Gasteiger partial charge in [-0.05, 0) is 37.0 Å². The summed E-state index contributed by atoms with van der Waals surface area (Å²) < 4.78 is 0. The molecule has 0 fully saturated rings. The van der Waals surface area contributed by atoms with E-state index in [0.29, 0.717) is 10.9 Å². The largest absolute Gasteiger partial charge is 0.326 e. The Morgan fingerprint density at radius 3 is 2.58 bits per heavy atom. The van der Waals surface area contributed by atoms with E-state index in [1.165, 1.54) is 24.8 Å². The average molecular weight is 260 g/mol. The lowest BCUT2D eigenvalue weighted by Gasteiger charge is -2.08. The molecule has 0 atom stereocenters. The van der Waals surface area contributed by atoms with Crippen molar-refractivity contribution in [2.45, 2.75) is 46.0 Å². The van der Waals surface area contributed by atoms with Crippen LogP contribution in [0.1, 0.15) is 43.7 Å². The minimum Gasteiger partial charge on any atom is -0.307 e. The van der Waals surface area contributed by atoms with Gasteiger partial charge in [-0.3, -0.25) is 9.78 Å². The summed E-state index contributed by atoms with van der Waals surface area (Å²) in [6.07, 6.45) is 5.82. The topological polar surface area (TPSA) is 65.7 Å². The van der Waals surface area contributed by atoms with Crippen molar-refractivity contribution in [2.75, 3.05) is 0 Å². The molecular weight excluding hydrogens is 240 g/mol. The molecule has 4 heteroatoms. The Kier molecular flexibility index (Phi) is 4.20. The van der Waals surface area contributed by atoms with Crippen LogP contribution in [0.4, 0.5) is 0 Å². The quantitative estimate of drug-likeness (QED) is 0.812. The molecule has 19 heavy (non-hydrogen) atoms. The first-order chi connectivity index (χ1) is 9.13. The van der Waals surface area contributed by atoms with E-state index in [1.807, 2.05) is 19.1 Å². The van der Waals surface area contributed by atoms with Crippen LogP contribution in [-0.2, 0) is 6.42 Å². The summed E-state index contributed by atoms with van der Waals surface area (Å²) in [6, 6.07) is 3.84. The third-order valence-electron chi connectivity index (χ3n) is 3.58. The third-order valence-corrected chi connectivity index (χ3v) is 3.58. The van der Waals surface area contributed by atoms with Crippen LogP contribution in [0.15, 0.2) is 21.7 Å². The molecular formula is C15H20N2O2. The number of nitrogens with one attached hydrogen (secondary N) is 2. The normalized spacial score (nSPS) is 11.1. The molecule has 0 aliphatic heterocycles. The lowest BCUT2D eigenvalue weighted by molar-refractivity contribution is 0.666. The standard InChI is InChI=1S/C15H20N2O2/c1-3-4-5-6-7-11-8-9-12-13(10(11)2)14(18)17-15(19)16-12/h8-9H,3-7H2,1-2H3,(H2,16,17,18,19). The minimum absolute atomic E-state index is 0.299. The highest BCUT2D eigenvalue weighted by atomic mass is 16.2. The van der Waals surface area contributed by atoms with Crippen molar-refractivity contribution < 1.29 is 0 Å². The molecule has 0 aliphatic rings. The van der Waals surface area contributed by atoms with Crippen LogP contribution in [0.2, 0.25) is 0 Å². The van der Waals surface area contributed by atoms with E-state index in [9.17, 15) is 9.59 Å². The van der Waals surface area contributed by atoms with Gasteiger partial charge in [0.05, 0.1) is 10.9 Å². The van der Waals surface area contributed by atoms with E-state index < -0.39 is 5.69 Å². The number of aromatic nitrogens is 2. The summed E-state index contributed by atoms with van der Waals surface area (Å²) in [5.41, 5.74) is 2.04. The molecule has 0 saturated heterocycles. The van der Waals surface area contributed by atoms with Crippen molar-refractivity contribution in [1.29, 1.82) is 0 Å². The summed E-state index contributed by atoms with van der Waals surface area (Å²) >= 11 is 0. The molecule has 0 radical (unpaired) electrons. The zero-order valence-electron chi connectivity index (χ0n) is 11.5. The Balaban J connectivity index is 2.35. The number of benzene rings is 1. The molecule has 102 valence electrons. The fraction of sp³-hybridized carbons (Fsp3) is 0.467. The van der Waals surface area contributed by atoms with Gasteiger partial charge in [0.15, 0.2) is 0 Å². The lowest BCUT2D eigenvalue weighted by Crippen LogP contribution is -2.22. The van der Waals surface area contributed by atoms with E-state index in [1.54, 1.807) is 0 Å². The van der Waals surface area contributed by atoms with Crippen LogP contribution in [0.3, 0.4) is 0 Å². The van der Waals surface area contributed by atoms with Gasteiger partial charge in [-0.25, -0.2) is 4.79 Å². The van der Waals surface area contributed by atoms with Gasteiger partial charge >= 0.3 is 5.69 Å². The Morgan fingerprint density at radius 1 is 1.05 bits per heavy atom. The van der Waals surface area contributed by atoms with Crippen molar-refractivity contribution in [3.05, 3.63) is 44.1 Å². The number of aryl methyl sites for hydroxylation is 2. The van der Waals surface area contributed by atoms with Crippen LogP contribution in [0, 0.1) is 6.92 Å². The van der Waals surface area contributed by atoms with Crippen LogP contribution < -0.4 is 11.2 Å². The minimum atomic E-state index is -0.451. The van der Waals surface area contributed by atoms with Crippen LogP contribution >= 0.6 is 0 Å². The first-order valence-corrected chi connectivity index (χ1v) is 6.88. The molecule has 0 aliphatic carbocycles. The summed E-state index contributed by atoms with van der Waals surface area (Å²) in [4.78, 5) is 28.1. The summed E-state index contributed by atoms with van der Waals surface area (Å²) in [5.74, 6) is 0. The first-order valence-electron chi connectivity index (χ1n) is 6.88. The molecule has 0 amide bonds. The van der Waals surface area contributed by atoms with Crippen molar-refractivity contribution >= 4 is 10.9 Å². The lowest BCUT2D eigenvalue weighted by atomic mass is 9.99. The summed E-state index contributed by atoms with van der Waals surface area (Å²) in [7, 11) is 0. The molecule has 2 rings (SSSR count). The number of hydrogen-bond donors (Lipinski definition) is 2. The van der Waals surface area contributed by atoms with E-state index in [0.717, 1.165) is 18.4 Å². The zero-order valence-corrected chi connectivity index (χ0v) is 11.5. The molecule has 2 aromatic rings. The number of rotatable bonds is 5. The SMILES string of the molecule is CCCCCCc1ccc2[nH]c(=O)[nH]c(=O)c2c1C. The molecule has 2 N–H and O–H groups in total. The molecule has 0 unspecified atom stereocenters. The molecule has 1 aromatic heterocycles. The fourth-order valence-electron chi connectivity index (χ4n) is 2.48. The Labute approximate surface area is 111 Å². The van der Waals surface area contributed by atoms with Crippen LogP contribution in [0.5, 0.6) is 0 Å². The van der Waals surface area contributed by atoms with Gasteiger partial charge in [0.2, 0.25) is 0 Å². The number of aromatic amines is 2. The highest BCUT2D eigenvalue weighted by Crippen LogP contribution is 2.18. The van der Waals surface area contributed by atoms with Gasteiger partial charge in [0, 0.05) is 0 Å². The van der Waals surface area contributed by atoms with E-state index >= 15 is 0 Å². The second-order valence-electron chi connectivity index (χ2n) is 4.99. The third kappa shape index (κ3) is 2.95. The highest BCUT2D eigenvalue weighted by Gasteiger charge is 2.08. The van der Waals surface area contributed by atoms with Gasteiger partial charge in [-0.1, -0.05) is 32.3 Å². The van der Waals surface area contributed by atoms with Gasteiger partial charge in [0.25, 0.3) is 5.56 Å². The summed E-state index contributed by atoms with van der Waals surface area (Å²) in [5, 5.41) is 0.604. The van der Waals surface area contributed by atoms with Crippen LogP contribution in [-0.4, -0.2) is 9.97 Å². The number of unbranched alkanes of at least 4 members (excludes halogenated alkanes) is 3. The van der Waals surface area contributed by atoms with Gasteiger partial charge in [-0.2, -0.15) is 0 Å². The van der Waals surface area contributed by atoms with Gasteiger partial charge in [0.1, 0.15) is 0 Å². The van der Waals surface area contributed by atoms with E-state index in [4.69, 9.17) is 0 Å². The second kappa shape index (κ2) is 5.87. The molecule has 0 bridgehead atoms. The molecule has 1 heterocycles. The smallest absolute Gasteiger partial charge is 0.307 e. The predicted molar refractivity (Wildman–Crippen MR) is 77.8 cm³/mol. The summed E-state index contributed by atoms with van der Waals surface area (Å²) in [6.45, 7) is 4.14. The molecule has 4 nitrogen and oxygen atoms in total. The Hall–Kier alpha value is -1.84. The Morgan fingerprint density at radius 2 is 1.84 bits per heavy atom. The first kappa shape index (κ1) is 13.6. The molecule has 1 aromatic carbocycles. The van der Waals surface area contributed by atoms with Crippen molar-refractivity contribution in [3.63, 3.8) is 0 Å². The Bertz CT molecular complexity index is 683. The van der Waals surface area contributed by atoms with Crippen LogP contribution in [0.25, 0.3) is 10.9 Å². The number of H-pyrrole nitrogens is 2. The van der Waals surface area contributed by atoms with Crippen molar-refractivity contribution in [1.82, 2.24) is 9.97 Å². The average Bonchev–Trinajstić information content (AvgIpc) is 2.36. The number of fused-ring (bicyclic) bond motifs is 1. The van der Waals surface area contributed by atoms with Gasteiger partial charge in [-0.15, -0.1) is 0 Å².